The van der Waals surface area contributed by atoms with Crippen LogP contribution in [0.25, 0.3) is 0 Å². The molecule has 0 aliphatic carbocycles. The van der Waals surface area contributed by atoms with E-state index in [1.165, 1.54) is 0 Å². The standard InChI is InChI=1S/C4H12N2/c1-3-6-4-5-2/h5-6H,3-4H2,1-2H3. The van der Waals surface area contributed by atoms with E-state index in [1.807, 2.05) is 7.05 Å². The summed E-state index contributed by atoms with van der Waals surface area (Å²) in [6.07, 6.45) is 0. The topological polar surface area (TPSA) is 24.1 Å². The van der Waals surface area contributed by atoms with E-state index in [9.17, 15) is 0 Å². The lowest BCUT2D eigenvalue weighted by Gasteiger charge is -1.94. The summed E-state index contributed by atoms with van der Waals surface area (Å²) in [5, 5.41) is 6.04. The van der Waals surface area contributed by atoms with Crippen molar-refractivity contribution < 1.29 is 0 Å². The highest BCUT2D eigenvalue weighted by Crippen LogP contribution is 1.44. The van der Waals surface area contributed by atoms with Gasteiger partial charge >= 0.3 is 0 Å². The van der Waals surface area contributed by atoms with Crippen LogP contribution >= 0.6 is 0 Å². The molecule has 2 heteroatoms. The normalized spacial score (nSPS) is 9.00. The molecule has 0 saturated carbocycles. The van der Waals surface area contributed by atoms with Gasteiger partial charge in [0.05, 0.1) is 0 Å². The molecule has 2 N–H and O–H groups in total. The third-order valence-electron chi connectivity index (χ3n) is 0.552. The van der Waals surface area contributed by atoms with Gasteiger partial charge in [0.25, 0.3) is 0 Å². The van der Waals surface area contributed by atoms with Crippen molar-refractivity contribution in [2.75, 3.05) is 20.3 Å². The minimum absolute atomic E-state index is 0.913. The van der Waals surface area contributed by atoms with Gasteiger partial charge in [-0.25, -0.2) is 0 Å². The lowest BCUT2D eigenvalue weighted by atomic mass is 10.7. The Kier molecular flexibility index (Phi) is 4.85. The van der Waals surface area contributed by atoms with Crippen LogP contribution in [0, 0.1) is 0 Å². The second-order valence-corrected chi connectivity index (χ2v) is 1.13. The first-order chi connectivity index (χ1) is 2.91. The summed E-state index contributed by atoms with van der Waals surface area (Å²) >= 11 is 0. The maximum Gasteiger partial charge on any atom is 0.0451 e. The molecule has 0 bridgehead atoms. The third-order valence-corrected chi connectivity index (χ3v) is 0.552. The van der Waals surface area contributed by atoms with Crippen molar-refractivity contribution in [2.45, 2.75) is 6.92 Å². The first kappa shape index (κ1) is 5.92. The number of nitrogens with one attached hydrogen (secondary N) is 2. The summed E-state index contributed by atoms with van der Waals surface area (Å²) in [5.74, 6) is 0. The third kappa shape index (κ3) is 3.92. The molecule has 0 aromatic heterocycles. The Morgan fingerprint density at radius 3 is 2.33 bits per heavy atom. The summed E-state index contributed by atoms with van der Waals surface area (Å²) in [6.45, 7) is 4.04. The highest BCUT2D eigenvalue weighted by atomic mass is 15.0. The minimum Gasteiger partial charge on any atom is -0.308 e. The van der Waals surface area contributed by atoms with Crippen molar-refractivity contribution in [3.8, 4) is 0 Å². The van der Waals surface area contributed by atoms with Gasteiger partial charge in [0.1, 0.15) is 0 Å². The number of hydrogen-bond donors (Lipinski definition) is 2. The van der Waals surface area contributed by atoms with E-state index in [2.05, 4.69) is 17.6 Å². The Hall–Kier alpha value is -0.0800. The lowest BCUT2D eigenvalue weighted by Crippen LogP contribution is -2.24. The Morgan fingerprint density at radius 1 is 1.50 bits per heavy atom. The second kappa shape index (κ2) is 4.92. The van der Waals surface area contributed by atoms with Gasteiger partial charge in [0.2, 0.25) is 0 Å². The van der Waals surface area contributed by atoms with Crippen molar-refractivity contribution in [3.63, 3.8) is 0 Å². The summed E-state index contributed by atoms with van der Waals surface area (Å²) in [6, 6.07) is 0. The van der Waals surface area contributed by atoms with Gasteiger partial charge in [0, 0.05) is 6.67 Å². The molecule has 0 fully saturated rings. The van der Waals surface area contributed by atoms with Gasteiger partial charge in [-0.15, -0.1) is 0 Å². The maximum absolute atomic E-state index is 3.09. The van der Waals surface area contributed by atoms with E-state index in [-0.39, 0.29) is 0 Å². The van der Waals surface area contributed by atoms with Gasteiger partial charge in [-0.3, -0.25) is 0 Å². The van der Waals surface area contributed by atoms with Crippen LogP contribution in [-0.4, -0.2) is 20.3 Å². The molecule has 0 aliphatic rings. The fraction of sp³-hybridized carbons (Fsp3) is 1.00. The molecule has 0 radical (unpaired) electrons. The van der Waals surface area contributed by atoms with Crippen LogP contribution < -0.4 is 10.6 Å². The zero-order valence-corrected chi connectivity index (χ0v) is 4.41. The minimum atomic E-state index is 0.913. The molecule has 0 aromatic carbocycles. The smallest absolute Gasteiger partial charge is 0.0451 e. The van der Waals surface area contributed by atoms with E-state index in [0.29, 0.717) is 0 Å². The highest BCUT2D eigenvalue weighted by Gasteiger charge is 1.68. The molecule has 0 atom stereocenters. The maximum atomic E-state index is 3.09. The van der Waals surface area contributed by atoms with E-state index < -0.39 is 0 Å². The Labute approximate surface area is 38.9 Å². The Balaban J connectivity index is 2.34. The van der Waals surface area contributed by atoms with Crippen LogP contribution in [-0.2, 0) is 0 Å². The van der Waals surface area contributed by atoms with Crippen LogP contribution in [0.3, 0.4) is 0 Å². The Bertz CT molecular complexity index is 17.5. The molecule has 0 heterocycles. The molecule has 0 unspecified atom stereocenters. The molecule has 2 nitrogen and oxygen atoms in total. The zero-order valence-electron chi connectivity index (χ0n) is 4.41. The lowest BCUT2D eigenvalue weighted by molar-refractivity contribution is 0.655. The highest BCUT2D eigenvalue weighted by molar-refractivity contribution is 4.31. The molecule has 0 amide bonds. The molecule has 0 aliphatic heterocycles. The van der Waals surface area contributed by atoms with E-state index in [1.54, 1.807) is 0 Å². The quantitative estimate of drug-likeness (QED) is 0.368. The predicted molar refractivity (Wildman–Crippen MR) is 27.6 cm³/mol. The van der Waals surface area contributed by atoms with Gasteiger partial charge in [-0.1, -0.05) is 6.92 Å². The van der Waals surface area contributed by atoms with Crippen LogP contribution in [0.5, 0.6) is 0 Å². The Morgan fingerprint density at radius 2 is 2.17 bits per heavy atom. The first-order valence-corrected chi connectivity index (χ1v) is 2.27. The monoisotopic (exact) mass is 88.1 g/mol. The fourth-order valence-electron chi connectivity index (χ4n) is 0.250. The molecular formula is C4H12N2. The van der Waals surface area contributed by atoms with Gasteiger partial charge in [-0.2, -0.15) is 0 Å². The van der Waals surface area contributed by atoms with Crippen LogP contribution in [0.1, 0.15) is 6.92 Å². The molecule has 0 aromatic rings. The fourth-order valence-corrected chi connectivity index (χ4v) is 0.250. The molecule has 6 heavy (non-hydrogen) atoms. The van der Waals surface area contributed by atoms with Crippen molar-refractivity contribution in [3.05, 3.63) is 0 Å². The van der Waals surface area contributed by atoms with Gasteiger partial charge < -0.3 is 10.6 Å². The average Bonchev–Trinajstić information content (AvgIpc) is 1.61. The summed E-state index contributed by atoms with van der Waals surface area (Å²) in [7, 11) is 1.92. The summed E-state index contributed by atoms with van der Waals surface area (Å²) in [4.78, 5) is 0. The van der Waals surface area contributed by atoms with Crippen molar-refractivity contribution in [1.29, 1.82) is 0 Å². The van der Waals surface area contributed by atoms with Crippen molar-refractivity contribution in [2.24, 2.45) is 0 Å². The van der Waals surface area contributed by atoms with Gasteiger partial charge in [0.15, 0.2) is 0 Å². The van der Waals surface area contributed by atoms with Gasteiger partial charge in [-0.05, 0) is 13.6 Å². The molecule has 0 spiro atoms. The first-order valence-electron chi connectivity index (χ1n) is 2.27. The van der Waals surface area contributed by atoms with Crippen LogP contribution in [0.4, 0.5) is 0 Å². The SMILES string of the molecule is CCNCNC. The van der Waals surface area contributed by atoms with E-state index in [4.69, 9.17) is 0 Å². The van der Waals surface area contributed by atoms with E-state index >= 15 is 0 Å². The molecule has 0 rings (SSSR count). The predicted octanol–water partition coefficient (Wildman–Crippen LogP) is -0.227. The number of hydrogen-bond acceptors (Lipinski definition) is 2. The van der Waals surface area contributed by atoms with E-state index in [0.717, 1.165) is 13.2 Å². The molecule has 0 saturated heterocycles. The number of rotatable bonds is 3. The van der Waals surface area contributed by atoms with Crippen molar-refractivity contribution in [1.82, 2.24) is 10.6 Å². The molecule has 38 valence electrons. The summed E-state index contributed by atoms with van der Waals surface area (Å²) in [5.41, 5.74) is 0. The van der Waals surface area contributed by atoms with Crippen molar-refractivity contribution >= 4 is 0 Å². The summed E-state index contributed by atoms with van der Waals surface area (Å²) < 4.78 is 0. The molecular weight excluding hydrogens is 76.1 g/mol. The van der Waals surface area contributed by atoms with Crippen LogP contribution in [0.15, 0.2) is 0 Å². The largest absolute Gasteiger partial charge is 0.308 e. The van der Waals surface area contributed by atoms with Crippen LogP contribution in [0.2, 0.25) is 0 Å². The second-order valence-electron chi connectivity index (χ2n) is 1.13. The average molecular weight is 88.2 g/mol. The zero-order chi connectivity index (χ0) is 4.83.